The summed E-state index contributed by atoms with van der Waals surface area (Å²) < 4.78 is 33.9. The van der Waals surface area contributed by atoms with Gasteiger partial charge in [-0.05, 0) is 37.1 Å². The zero-order valence-electron chi connectivity index (χ0n) is 12.7. The summed E-state index contributed by atoms with van der Waals surface area (Å²) in [6.07, 6.45) is 1.20. The van der Waals surface area contributed by atoms with Gasteiger partial charge in [0.1, 0.15) is 12.4 Å². The number of ketones is 1. The maximum absolute atomic E-state index is 11.9. The van der Waals surface area contributed by atoms with Crippen LogP contribution in [0, 0.1) is 5.92 Å². The van der Waals surface area contributed by atoms with Gasteiger partial charge in [-0.3, -0.25) is 8.98 Å². The van der Waals surface area contributed by atoms with E-state index in [4.69, 9.17) is 8.92 Å². The van der Waals surface area contributed by atoms with Crippen molar-refractivity contribution in [3.05, 3.63) is 24.3 Å². The van der Waals surface area contributed by atoms with Crippen molar-refractivity contribution in [2.45, 2.75) is 38.5 Å². The van der Waals surface area contributed by atoms with Gasteiger partial charge >= 0.3 is 0 Å². The van der Waals surface area contributed by atoms with Crippen LogP contribution in [0.25, 0.3) is 0 Å². The van der Waals surface area contributed by atoms with Gasteiger partial charge in [-0.15, -0.1) is 0 Å². The van der Waals surface area contributed by atoms with Gasteiger partial charge in [-0.25, -0.2) is 0 Å². The number of hydrogen-bond donors (Lipinski definition) is 0. The van der Waals surface area contributed by atoms with Crippen molar-refractivity contribution in [2.75, 3.05) is 13.2 Å². The van der Waals surface area contributed by atoms with Crippen LogP contribution in [-0.4, -0.2) is 27.4 Å². The summed E-state index contributed by atoms with van der Waals surface area (Å²) in [4.78, 5) is 11.6. The Kier molecular flexibility index (Phi) is 6.84. The van der Waals surface area contributed by atoms with Crippen LogP contribution >= 0.6 is 0 Å². The molecular weight excluding hydrogens is 292 g/mol. The molecule has 118 valence electrons. The van der Waals surface area contributed by atoms with Crippen LogP contribution in [0.3, 0.4) is 0 Å². The van der Waals surface area contributed by atoms with Crippen LogP contribution in [0.4, 0.5) is 0 Å². The summed E-state index contributed by atoms with van der Waals surface area (Å²) in [5, 5.41) is 0. The van der Waals surface area contributed by atoms with E-state index >= 15 is 0 Å². The lowest BCUT2D eigenvalue weighted by atomic mass is 10.0. The van der Waals surface area contributed by atoms with Gasteiger partial charge in [0.2, 0.25) is 0 Å². The molecule has 5 nitrogen and oxygen atoms in total. The lowest BCUT2D eigenvalue weighted by molar-refractivity contribution is -0.121. The first-order valence-electron chi connectivity index (χ1n) is 7.03. The van der Waals surface area contributed by atoms with E-state index in [0.717, 1.165) is 6.42 Å². The van der Waals surface area contributed by atoms with E-state index in [1.807, 2.05) is 20.8 Å². The van der Waals surface area contributed by atoms with E-state index in [9.17, 15) is 13.2 Å². The average molecular weight is 314 g/mol. The Labute approximate surface area is 126 Å². The SMILES string of the molecule is CCOc1ccc(S(=O)(=O)OCC(=O)CC(C)CC)cc1. The fraction of sp³-hybridized carbons (Fsp3) is 0.533. The van der Waals surface area contributed by atoms with Crippen molar-refractivity contribution in [2.24, 2.45) is 5.92 Å². The molecule has 0 saturated carbocycles. The second-order valence-electron chi connectivity index (χ2n) is 4.88. The standard InChI is InChI=1S/C15H22O5S/c1-4-12(3)10-13(16)11-20-21(17,18)15-8-6-14(7-9-15)19-5-2/h6-9,12H,4-5,10-11H2,1-3H3. The summed E-state index contributed by atoms with van der Waals surface area (Å²) in [5.41, 5.74) is 0. The Morgan fingerprint density at radius 1 is 1.19 bits per heavy atom. The van der Waals surface area contributed by atoms with Crippen molar-refractivity contribution < 1.29 is 22.1 Å². The van der Waals surface area contributed by atoms with Crippen molar-refractivity contribution in [1.82, 2.24) is 0 Å². The molecule has 0 spiro atoms. The first-order chi connectivity index (χ1) is 9.89. The minimum Gasteiger partial charge on any atom is -0.494 e. The Morgan fingerprint density at radius 3 is 2.33 bits per heavy atom. The number of carbonyl (C=O) groups excluding carboxylic acids is 1. The summed E-state index contributed by atoms with van der Waals surface area (Å²) in [7, 11) is -3.91. The molecule has 0 aliphatic carbocycles. The topological polar surface area (TPSA) is 69.7 Å². The Hall–Kier alpha value is -1.40. The number of ether oxygens (including phenoxy) is 1. The van der Waals surface area contributed by atoms with E-state index in [-0.39, 0.29) is 16.6 Å². The molecule has 0 aliphatic rings. The number of benzene rings is 1. The molecule has 1 rings (SSSR count). The van der Waals surface area contributed by atoms with Crippen LogP contribution in [0.5, 0.6) is 5.75 Å². The second kappa shape index (κ2) is 8.14. The molecule has 0 aliphatic heterocycles. The molecule has 0 radical (unpaired) electrons. The third-order valence-electron chi connectivity index (χ3n) is 3.07. The second-order valence-corrected chi connectivity index (χ2v) is 6.49. The smallest absolute Gasteiger partial charge is 0.297 e. The molecule has 0 amide bonds. The van der Waals surface area contributed by atoms with Crippen LogP contribution in [0.2, 0.25) is 0 Å². The van der Waals surface area contributed by atoms with Crippen LogP contribution in [0.1, 0.15) is 33.6 Å². The first kappa shape index (κ1) is 17.7. The predicted octanol–water partition coefficient (Wildman–Crippen LogP) is 2.80. The number of rotatable bonds is 9. The number of carbonyl (C=O) groups is 1. The van der Waals surface area contributed by atoms with Crippen molar-refractivity contribution >= 4 is 15.9 Å². The van der Waals surface area contributed by atoms with E-state index in [1.54, 1.807) is 12.1 Å². The molecule has 0 saturated heterocycles. The average Bonchev–Trinajstić information content (AvgIpc) is 2.46. The molecular formula is C15H22O5S. The summed E-state index contributed by atoms with van der Waals surface area (Å²) in [6, 6.07) is 5.92. The summed E-state index contributed by atoms with van der Waals surface area (Å²) in [6.45, 7) is 5.86. The quantitative estimate of drug-likeness (QED) is 0.656. The lowest BCUT2D eigenvalue weighted by Gasteiger charge is -2.09. The molecule has 21 heavy (non-hydrogen) atoms. The molecule has 0 heterocycles. The lowest BCUT2D eigenvalue weighted by Crippen LogP contribution is -2.16. The highest BCUT2D eigenvalue weighted by Crippen LogP contribution is 2.18. The van der Waals surface area contributed by atoms with Crippen molar-refractivity contribution in [1.29, 1.82) is 0 Å². The van der Waals surface area contributed by atoms with E-state index in [0.29, 0.717) is 18.8 Å². The minimum atomic E-state index is -3.91. The highest BCUT2D eigenvalue weighted by atomic mass is 32.2. The Morgan fingerprint density at radius 2 is 1.81 bits per heavy atom. The Bertz CT molecular complexity index is 548. The molecule has 0 aromatic heterocycles. The van der Waals surface area contributed by atoms with Gasteiger partial charge < -0.3 is 4.74 Å². The molecule has 6 heteroatoms. The van der Waals surface area contributed by atoms with E-state index in [2.05, 4.69) is 0 Å². The molecule has 1 atom stereocenters. The largest absolute Gasteiger partial charge is 0.494 e. The molecule has 0 fully saturated rings. The predicted molar refractivity (Wildman–Crippen MR) is 79.8 cm³/mol. The van der Waals surface area contributed by atoms with Gasteiger partial charge in [0.25, 0.3) is 10.1 Å². The third kappa shape index (κ3) is 5.85. The maximum atomic E-state index is 11.9. The fourth-order valence-electron chi connectivity index (χ4n) is 1.67. The molecule has 1 aromatic carbocycles. The summed E-state index contributed by atoms with van der Waals surface area (Å²) in [5.74, 6) is 0.609. The third-order valence-corrected chi connectivity index (χ3v) is 4.35. The zero-order valence-corrected chi connectivity index (χ0v) is 13.5. The monoisotopic (exact) mass is 314 g/mol. The van der Waals surface area contributed by atoms with Gasteiger partial charge in [-0.2, -0.15) is 8.42 Å². The van der Waals surface area contributed by atoms with Crippen molar-refractivity contribution in [3.8, 4) is 5.75 Å². The molecule has 1 unspecified atom stereocenters. The molecule has 0 bridgehead atoms. The normalized spacial score (nSPS) is 12.9. The van der Waals surface area contributed by atoms with Gasteiger partial charge in [0.05, 0.1) is 11.5 Å². The first-order valence-corrected chi connectivity index (χ1v) is 8.43. The van der Waals surface area contributed by atoms with Gasteiger partial charge in [0, 0.05) is 6.42 Å². The number of Topliss-reactive ketones (excluding diaryl/α,β-unsaturated/α-hetero) is 1. The van der Waals surface area contributed by atoms with Crippen LogP contribution in [0.15, 0.2) is 29.2 Å². The van der Waals surface area contributed by atoms with Crippen molar-refractivity contribution in [3.63, 3.8) is 0 Å². The Balaban J connectivity index is 2.62. The van der Waals surface area contributed by atoms with Crippen LogP contribution in [-0.2, 0) is 19.1 Å². The highest BCUT2D eigenvalue weighted by Gasteiger charge is 2.18. The fourth-order valence-corrected chi connectivity index (χ4v) is 2.56. The molecule has 0 N–H and O–H groups in total. The maximum Gasteiger partial charge on any atom is 0.297 e. The zero-order chi connectivity index (χ0) is 15.9. The van der Waals surface area contributed by atoms with Crippen LogP contribution < -0.4 is 4.74 Å². The van der Waals surface area contributed by atoms with E-state index < -0.39 is 16.7 Å². The number of hydrogen-bond acceptors (Lipinski definition) is 5. The summed E-state index contributed by atoms with van der Waals surface area (Å²) >= 11 is 0. The van der Waals surface area contributed by atoms with Gasteiger partial charge in [0.15, 0.2) is 5.78 Å². The van der Waals surface area contributed by atoms with E-state index in [1.165, 1.54) is 12.1 Å². The molecule has 1 aromatic rings. The highest BCUT2D eigenvalue weighted by molar-refractivity contribution is 7.86. The minimum absolute atomic E-state index is 0.0160. The van der Waals surface area contributed by atoms with Gasteiger partial charge in [-0.1, -0.05) is 20.3 Å².